The third-order valence-electron chi connectivity index (χ3n) is 3.54. The normalized spacial score (nSPS) is 17.6. The highest BCUT2D eigenvalue weighted by Gasteiger charge is 2.18. The number of nitrogens with one attached hydrogen (secondary N) is 2. The van der Waals surface area contributed by atoms with E-state index in [0.29, 0.717) is 28.0 Å². The van der Waals surface area contributed by atoms with E-state index < -0.39 is 0 Å². The largest absolute Gasteiger partial charge is 0.376 e. The fourth-order valence-corrected chi connectivity index (χ4v) is 2.89. The molecule has 1 saturated heterocycles. The number of carbonyl (C=O) groups is 1. The molecule has 0 aliphatic carbocycles. The number of hydrogen-bond acceptors (Lipinski definition) is 3. The summed E-state index contributed by atoms with van der Waals surface area (Å²) < 4.78 is 5.47. The molecule has 0 saturated carbocycles. The van der Waals surface area contributed by atoms with Gasteiger partial charge in [0.2, 0.25) is 0 Å². The van der Waals surface area contributed by atoms with Gasteiger partial charge in [0, 0.05) is 23.7 Å². The van der Waals surface area contributed by atoms with E-state index in [1.807, 2.05) is 0 Å². The predicted octanol–water partition coefficient (Wildman–Crippen LogP) is 3.29. The molecule has 1 fully saturated rings. The molecule has 1 atom stereocenters. The Hall–Kier alpha value is -1.56. The number of aromatic nitrogens is 2. The van der Waals surface area contributed by atoms with Gasteiger partial charge in [0.15, 0.2) is 0 Å². The lowest BCUT2D eigenvalue weighted by Gasteiger charge is -2.09. The maximum Gasteiger partial charge on any atom is 0.269 e. The number of aromatic amines is 1. The molecule has 2 N–H and O–H groups in total. The molecule has 1 aliphatic heterocycles. The second-order valence-electron chi connectivity index (χ2n) is 5.14. The van der Waals surface area contributed by atoms with Gasteiger partial charge in [-0.15, -0.1) is 0 Å². The number of carbonyl (C=O) groups excluding carboxylic acids is 1. The molecule has 1 unspecified atom stereocenters. The first-order valence-electron chi connectivity index (χ1n) is 7.04. The zero-order valence-corrected chi connectivity index (χ0v) is 13.2. The molecule has 1 amide bonds. The number of H-pyrrole nitrogens is 1. The van der Waals surface area contributed by atoms with E-state index in [1.54, 1.807) is 24.3 Å². The molecule has 1 aromatic heterocycles. The molecule has 0 spiro atoms. The zero-order chi connectivity index (χ0) is 15.5. The van der Waals surface area contributed by atoms with Gasteiger partial charge in [0.05, 0.1) is 16.8 Å². The predicted molar refractivity (Wildman–Crippen MR) is 85.4 cm³/mol. The number of benzene rings is 1. The Bertz CT molecular complexity index is 681. The highest BCUT2D eigenvalue weighted by molar-refractivity contribution is 6.36. The van der Waals surface area contributed by atoms with E-state index in [9.17, 15) is 4.79 Å². The van der Waals surface area contributed by atoms with Crippen LogP contribution in [0.1, 0.15) is 23.3 Å². The average molecular weight is 340 g/mol. The maximum absolute atomic E-state index is 12.1. The number of ether oxygens (including phenoxy) is 1. The Morgan fingerprint density at radius 1 is 1.41 bits per heavy atom. The SMILES string of the molecule is O=C(NCC1CCCO1)c1cc(-c2ccc(Cl)cc2Cl)n[nH]1. The van der Waals surface area contributed by atoms with Crippen LogP contribution in [-0.2, 0) is 4.74 Å². The molecule has 2 heterocycles. The van der Waals surface area contributed by atoms with E-state index in [0.717, 1.165) is 25.0 Å². The van der Waals surface area contributed by atoms with Crippen molar-refractivity contribution in [3.8, 4) is 11.3 Å². The van der Waals surface area contributed by atoms with Crippen molar-refractivity contribution in [2.45, 2.75) is 18.9 Å². The van der Waals surface area contributed by atoms with Crippen molar-refractivity contribution < 1.29 is 9.53 Å². The number of rotatable bonds is 4. The van der Waals surface area contributed by atoms with Gasteiger partial charge in [-0.2, -0.15) is 5.10 Å². The number of halogens is 2. The number of hydrogen-bond donors (Lipinski definition) is 2. The molecule has 2 aromatic rings. The Balaban J connectivity index is 1.68. The van der Waals surface area contributed by atoms with Gasteiger partial charge in [0.25, 0.3) is 5.91 Å². The Labute approximate surface area is 138 Å². The van der Waals surface area contributed by atoms with Crippen LogP contribution in [0.25, 0.3) is 11.3 Å². The summed E-state index contributed by atoms with van der Waals surface area (Å²) in [5, 5.41) is 10.7. The monoisotopic (exact) mass is 339 g/mol. The lowest BCUT2D eigenvalue weighted by atomic mass is 10.1. The smallest absolute Gasteiger partial charge is 0.269 e. The summed E-state index contributed by atoms with van der Waals surface area (Å²) in [6.07, 6.45) is 2.13. The topological polar surface area (TPSA) is 67.0 Å². The van der Waals surface area contributed by atoms with Crippen LogP contribution in [0.5, 0.6) is 0 Å². The molecule has 22 heavy (non-hydrogen) atoms. The van der Waals surface area contributed by atoms with E-state index in [2.05, 4.69) is 15.5 Å². The van der Waals surface area contributed by atoms with Crippen molar-refractivity contribution >= 4 is 29.1 Å². The molecule has 116 valence electrons. The molecule has 7 heteroatoms. The Kier molecular flexibility index (Phi) is 4.66. The van der Waals surface area contributed by atoms with Gasteiger partial charge < -0.3 is 10.1 Å². The zero-order valence-electron chi connectivity index (χ0n) is 11.7. The lowest BCUT2D eigenvalue weighted by molar-refractivity contribution is 0.0853. The van der Waals surface area contributed by atoms with Crippen molar-refractivity contribution in [3.63, 3.8) is 0 Å². The molecule has 0 bridgehead atoms. The first-order chi connectivity index (χ1) is 10.6. The van der Waals surface area contributed by atoms with E-state index in [4.69, 9.17) is 27.9 Å². The fourth-order valence-electron chi connectivity index (χ4n) is 2.38. The minimum atomic E-state index is -0.209. The summed E-state index contributed by atoms with van der Waals surface area (Å²) in [5.41, 5.74) is 1.71. The van der Waals surface area contributed by atoms with Gasteiger partial charge in [-0.05, 0) is 37.1 Å². The number of amides is 1. The van der Waals surface area contributed by atoms with Crippen LogP contribution >= 0.6 is 23.2 Å². The molecule has 5 nitrogen and oxygen atoms in total. The first kappa shape index (κ1) is 15.3. The molecule has 3 rings (SSSR count). The van der Waals surface area contributed by atoms with Crippen LogP contribution in [0.4, 0.5) is 0 Å². The summed E-state index contributed by atoms with van der Waals surface area (Å²) in [6, 6.07) is 6.81. The van der Waals surface area contributed by atoms with Crippen LogP contribution in [0.15, 0.2) is 24.3 Å². The highest BCUT2D eigenvalue weighted by Crippen LogP contribution is 2.29. The fraction of sp³-hybridized carbons (Fsp3) is 0.333. The van der Waals surface area contributed by atoms with Crippen LogP contribution in [-0.4, -0.2) is 35.4 Å². The quantitative estimate of drug-likeness (QED) is 0.898. The molecule has 1 aromatic carbocycles. The third-order valence-corrected chi connectivity index (χ3v) is 4.09. The summed E-state index contributed by atoms with van der Waals surface area (Å²) in [4.78, 5) is 12.1. The minimum absolute atomic E-state index is 0.108. The lowest BCUT2D eigenvalue weighted by Crippen LogP contribution is -2.31. The van der Waals surface area contributed by atoms with Crippen LogP contribution in [0, 0.1) is 0 Å². The van der Waals surface area contributed by atoms with E-state index in [-0.39, 0.29) is 12.0 Å². The first-order valence-corrected chi connectivity index (χ1v) is 7.80. The van der Waals surface area contributed by atoms with Crippen molar-refractivity contribution in [1.29, 1.82) is 0 Å². The van der Waals surface area contributed by atoms with Crippen molar-refractivity contribution in [3.05, 3.63) is 40.0 Å². The molecular formula is C15H15Cl2N3O2. The second-order valence-corrected chi connectivity index (χ2v) is 5.98. The van der Waals surface area contributed by atoms with Crippen LogP contribution in [0.2, 0.25) is 10.0 Å². The van der Waals surface area contributed by atoms with E-state index >= 15 is 0 Å². The van der Waals surface area contributed by atoms with Gasteiger partial charge in [-0.3, -0.25) is 9.89 Å². The minimum Gasteiger partial charge on any atom is -0.376 e. The summed E-state index contributed by atoms with van der Waals surface area (Å²) >= 11 is 12.0. The molecular weight excluding hydrogens is 325 g/mol. The van der Waals surface area contributed by atoms with E-state index in [1.165, 1.54) is 0 Å². The van der Waals surface area contributed by atoms with Gasteiger partial charge in [-0.25, -0.2) is 0 Å². The van der Waals surface area contributed by atoms with Crippen molar-refractivity contribution in [1.82, 2.24) is 15.5 Å². The van der Waals surface area contributed by atoms with Gasteiger partial charge in [-0.1, -0.05) is 23.2 Å². The second kappa shape index (κ2) is 6.69. The Morgan fingerprint density at radius 3 is 3.00 bits per heavy atom. The number of nitrogens with zero attached hydrogens (tertiary/aromatic N) is 1. The standard InChI is InChI=1S/C15H15Cl2N3O2/c16-9-3-4-11(12(17)6-9)13-7-14(20-19-13)15(21)18-8-10-2-1-5-22-10/h3-4,6-7,10H,1-2,5,8H2,(H,18,21)(H,19,20). The van der Waals surface area contributed by atoms with Crippen molar-refractivity contribution in [2.24, 2.45) is 0 Å². The summed E-state index contributed by atoms with van der Waals surface area (Å²) in [5.74, 6) is -0.209. The third kappa shape index (κ3) is 3.43. The van der Waals surface area contributed by atoms with Crippen LogP contribution < -0.4 is 5.32 Å². The van der Waals surface area contributed by atoms with Gasteiger partial charge >= 0.3 is 0 Å². The van der Waals surface area contributed by atoms with Crippen molar-refractivity contribution in [2.75, 3.05) is 13.2 Å². The highest BCUT2D eigenvalue weighted by atomic mass is 35.5. The maximum atomic E-state index is 12.1. The Morgan fingerprint density at radius 2 is 2.27 bits per heavy atom. The average Bonchev–Trinajstić information content (AvgIpc) is 3.16. The van der Waals surface area contributed by atoms with Gasteiger partial charge in [0.1, 0.15) is 5.69 Å². The summed E-state index contributed by atoms with van der Waals surface area (Å²) in [7, 11) is 0. The molecule has 1 aliphatic rings. The molecule has 0 radical (unpaired) electrons. The summed E-state index contributed by atoms with van der Waals surface area (Å²) in [6.45, 7) is 1.28. The van der Waals surface area contributed by atoms with Crippen LogP contribution in [0.3, 0.4) is 0 Å².